The van der Waals surface area contributed by atoms with Gasteiger partial charge in [-0.2, -0.15) is 0 Å². The van der Waals surface area contributed by atoms with Crippen molar-refractivity contribution in [3.63, 3.8) is 0 Å². The summed E-state index contributed by atoms with van der Waals surface area (Å²) in [7, 11) is 0. The van der Waals surface area contributed by atoms with Crippen molar-refractivity contribution >= 4 is 0 Å². The molecular weight excluding hydrogens is 204 g/mol. The SMILES string of the molecule is NCCOCCOc1cc(F)ccc1F. The smallest absolute Gasteiger partial charge is 0.165 e. The topological polar surface area (TPSA) is 44.5 Å². The molecule has 0 saturated heterocycles. The van der Waals surface area contributed by atoms with Gasteiger partial charge in [0.25, 0.3) is 0 Å². The minimum absolute atomic E-state index is 0.105. The first-order chi connectivity index (χ1) is 7.24. The normalized spacial score (nSPS) is 10.3. The lowest BCUT2D eigenvalue weighted by molar-refractivity contribution is 0.104. The van der Waals surface area contributed by atoms with Crippen molar-refractivity contribution in [1.29, 1.82) is 0 Å². The fourth-order valence-electron chi connectivity index (χ4n) is 0.984. The Morgan fingerprint density at radius 2 is 1.93 bits per heavy atom. The Hall–Kier alpha value is -1.20. The van der Waals surface area contributed by atoms with E-state index in [-0.39, 0.29) is 12.4 Å². The van der Waals surface area contributed by atoms with Gasteiger partial charge in [0, 0.05) is 12.6 Å². The summed E-state index contributed by atoms with van der Waals surface area (Å²) in [6, 6.07) is 3.05. The average molecular weight is 217 g/mol. The molecule has 0 amide bonds. The van der Waals surface area contributed by atoms with Crippen LogP contribution in [0, 0.1) is 11.6 Å². The molecule has 5 heteroatoms. The monoisotopic (exact) mass is 217 g/mol. The van der Waals surface area contributed by atoms with Crippen LogP contribution in [-0.4, -0.2) is 26.4 Å². The lowest BCUT2D eigenvalue weighted by atomic mass is 10.3. The van der Waals surface area contributed by atoms with Crippen molar-refractivity contribution in [1.82, 2.24) is 0 Å². The van der Waals surface area contributed by atoms with Crippen LogP contribution in [0.1, 0.15) is 0 Å². The number of ether oxygens (including phenoxy) is 2. The summed E-state index contributed by atoms with van der Waals surface area (Å²) in [4.78, 5) is 0. The third-order valence-electron chi connectivity index (χ3n) is 1.64. The molecule has 0 heterocycles. The molecule has 0 bridgehead atoms. The number of rotatable bonds is 6. The molecule has 0 aromatic heterocycles. The number of benzene rings is 1. The molecule has 84 valence electrons. The van der Waals surface area contributed by atoms with Crippen LogP contribution in [0.3, 0.4) is 0 Å². The zero-order valence-electron chi connectivity index (χ0n) is 8.21. The Labute approximate surface area is 86.8 Å². The van der Waals surface area contributed by atoms with E-state index in [2.05, 4.69) is 0 Å². The van der Waals surface area contributed by atoms with E-state index < -0.39 is 11.6 Å². The lowest BCUT2D eigenvalue weighted by Gasteiger charge is -2.07. The van der Waals surface area contributed by atoms with Crippen molar-refractivity contribution < 1.29 is 18.3 Å². The second-order valence-electron chi connectivity index (χ2n) is 2.82. The zero-order chi connectivity index (χ0) is 11.1. The maximum Gasteiger partial charge on any atom is 0.165 e. The fourth-order valence-corrected chi connectivity index (χ4v) is 0.984. The molecule has 0 unspecified atom stereocenters. The van der Waals surface area contributed by atoms with Crippen molar-refractivity contribution in [2.75, 3.05) is 26.4 Å². The molecule has 15 heavy (non-hydrogen) atoms. The first-order valence-corrected chi connectivity index (χ1v) is 4.59. The van der Waals surface area contributed by atoms with Gasteiger partial charge < -0.3 is 15.2 Å². The van der Waals surface area contributed by atoms with Gasteiger partial charge in [-0.3, -0.25) is 0 Å². The predicted molar refractivity (Wildman–Crippen MR) is 51.7 cm³/mol. The van der Waals surface area contributed by atoms with Crippen LogP contribution in [0.2, 0.25) is 0 Å². The van der Waals surface area contributed by atoms with Gasteiger partial charge in [-0.05, 0) is 12.1 Å². The summed E-state index contributed by atoms with van der Waals surface area (Å²) in [5.74, 6) is -1.23. The summed E-state index contributed by atoms with van der Waals surface area (Å²) >= 11 is 0. The van der Waals surface area contributed by atoms with Crippen LogP contribution >= 0.6 is 0 Å². The minimum Gasteiger partial charge on any atom is -0.488 e. The number of halogens is 2. The van der Waals surface area contributed by atoms with E-state index in [1.165, 1.54) is 0 Å². The molecule has 0 spiro atoms. The molecule has 1 aromatic rings. The van der Waals surface area contributed by atoms with Crippen molar-refractivity contribution in [3.05, 3.63) is 29.8 Å². The van der Waals surface area contributed by atoms with Crippen LogP contribution < -0.4 is 10.5 Å². The molecule has 0 aliphatic heterocycles. The molecular formula is C10H13F2NO2. The Morgan fingerprint density at radius 3 is 2.67 bits per heavy atom. The summed E-state index contributed by atoms with van der Waals surface area (Å²) in [6.07, 6.45) is 0. The summed E-state index contributed by atoms with van der Waals surface area (Å²) in [5.41, 5.74) is 5.19. The predicted octanol–water partition coefficient (Wildman–Crippen LogP) is 1.32. The minimum atomic E-state index is -0.588. The maximum atomic E-state index is 13.0. The fraction of sp³-hybridized carbons (Fsp3) is 0.400. The molecule has 0 aliphatic carbocycles. The third kappa shape index (κ3) is 4.22. The Balaban J connectivity index is 2.33. The molecule has 1 rings (SSSR count). The van der Waals surface area contributed by atoms with E-state index in [0.29, 0.717) is 19.8 Å². The van der Waals surface area contributed by atoms with Crippen LogP contribution in [-0.2, 0) is 4.74 Å². The highest BCUT2D eigenvalue weighted by Gasteiger charge is 2.04. The first kappa shape index (κ1) is 11.9. The quantitative estimate of drug-likeness (QED) is 0.731. The molecule has 0 radical (unpaired) electrons. The standard InChI is InChI=1S/C10H13F2NO2/c11-8-1-2-9(12)10(7-8)15-6-5-14-4-3-13/h1-2,7H,3-6,13H2. The highest BCUT2D eigenvalue weighted by atomic mass is 19.1. The Bertz CT molecular complexity index is 307. The van der Waals surface area contributed by atoms with E-state index >= 15 is 0 Å². The molecule has 3 nitrogen and oxygen atoms in total. The number of hydrogen-bond donors (Lipinski definition) is 1. The Morgan fingerprint density at radius 1 is 1.13 bits per heavy atom. The van der Waals surface area contributed by atoms with Gasteiger partial charge in [0.05, 0.1) is 13.2 Å². The lowest BCUT2D eigenvalue weighted by Crippen LogP contribution is -2.13. The van der Waals surface area contributed by atoms with E-state index in [4.69, 9.17) is 15.2 Å². The van der Waals surface area contributed by atoms with Gasteiger partial charge in [-0.1, -0.05) is 0 Å². The molecule has 1 aromatic carbocycles. The second-order valence-corrected chi connectivity index (χ2v) is 2.82. The van der Waals surface area contributed by atoms with Crippen LogP contribution in [0.4, 0.5) is 8.78 Å². The van der Waals surface area contributed by atoms with Gasteiger partial charge in [-0.25, -0.2) is 8.78 Å². The van der Waals surface area contributed by atoms with E-state index in [0.717, 1.165) is 18.2 Å². The van der Waals surface area contributed by atoms with Crippen molar-refractivity contribution in [2.24, 2.45) is 5.73 Å². The van der Waals surface area contributed by atoms with E-state index in [9.17, 15) is 8.78 Å². The largest absolute Gasteiger partial charge is 0.488 e. The second kappa shape index (κ2) is 6.31. The van der Waals surface area contributed by atoms with Gasteiger partial charge in [-0.15, -0.1) is 0 Å². The van der Waals surface area contributed by atoms with Gasteiger partial charge in [0.2, 0.25) is 0 Å². The highest BCUT2D eigenvalue weighted by Crippen LogP contribution is 2.17. The van der Waals surface area contributed by atoms with Crippen molar-refractivity contribution in [2.45, 2.75) is 0 Å². The molecule has 2 N–H and O–H groups in total. The molecule has 0 saturated carbocycles. The van der Waals surface area contributed by atoms with Crippen LogP contribution in [0.25, 0.3) is 0 Å². The van der Waals surface area contributed by atoms with Gasteiger partial charge >= 0.3 is 0 Å². The summed E-state index contributed by atoms with van der Waals surface area (Å²) in [5, 5.41) is 0. The third-order valence-corrected chi connectivity index (χ3v) is 1.64. The van der Waals surface area contributed by atoms with Crippen LogP contribution in [0.15, 0.2) is 18.2 Å². The number of nitrogens with two attached hydrogens (primary N) is 1. The van der Waals surface area contributed by atoms with Gasteiger partial charge in [0.15, 0.2) is 11.6 Å². The zero-order valence-corrected chi connectivity index (χ0v) is 8.21. The number of hydrogen-bond acceptors (Lipinski definition) is 3. The van der Waals surface area contributed by atoms with Crippen molar-refractivity contribution in [3.8, 4) is 5.75 Å². The van der Waals surface area contributed by atoms with Crippen LogP contribution in [0.5, 0.6) is 5.75 Å². The first-order valence-electron chi connectivity index (χ1n) is 4.59. The molecule has 0 aliphatic rings. The molecule has 0 atom stereocenters. The van der Waals surface area contributed by atoms with E-state index in [1.807, 2.05) is 0 Å². The summed E-state index contributed by atoms with van der Waals surface area (Å²) < 4.78 is 35.7. The average Bonchev–Trinajstić information content (AvgIpc) is 2.23. The molecule has 0 fully saturated rings. The summed E-state index contributed by atoms with van der Waals surface area (Å²) in [6.45, 7) is 1.32. The highest BCUT2D eigenvalue weighted by molar-refractivity contribution is 5.24. The maximum absolute atomic E-state index is 13.0. The van der Waals surface area contributed by atoms with E-state index in [1.54, 1.807) is 0 Å². The van der Waals surface area contributed by atoms with Gasteiger partial charge in [0.1, 0.15) is 12.4 Å². The Kier molecular flexibility index (Phi) is 5.00.